The lowest BCUT2D eigenvalue weighted by Crippen LogP contribution is -2.37. The normalized spacial score (nSPS) is 23.9. The van der Waals surface area contributed by atoms with Crippen LogP contribution in [0.4, 0.5) is 13.2 Å². The average molecular weight is 437 g/mol. The number of aryl methyl sites for hydroxylation is 1. The summed E-state index contributed by atoms with van der Waals surface area (Å²) in [6.07, 6.45) is -3.48. The van der Waals surface area contributed by atoms with Gasteiger partial charge in [0.25, 0.3) is 0 Å². The highest BCUT2D eigenvalue weighted by Gasteiger charge is 2.50. The van der Waals surface area contributed by atoms with Crippen LogP contribution in [0.2, 0.25) is 5.02 Å². The Hall–Kier alpha value is -2.31. The molecule has 2 aromatic rings. The van der Waals surface area contributed by atoms with E-state index in [1.165, 1.54) is 12.1 Å². The van der Waals surface area contributed by atoms with Crippen LogP contribution in [0, 0.1) is 0 Å². The lowest BCUT2D eigenvalue weighted by atomic mass is 9.86. The third kappa shape index (κ3) is 3.32. The van der Waals surface area contributed by atoms with Gasteiger partial charge < -0.3 is 9.84 Å². The van der Waals surface area contributed by atoms with Gasteiger partial charge >= 0.3 is 6.18 Å². The highest BCUT2D eigenvalue weighted by molar-refractivity contribution is 6.31. The molecule has 2 aliphatic rings. The van der Waals surface area contributed by atoms with Crippen molar-refractivity contribution < 1.29 is 27.8 Å². The van der Waals surface area contributed by atoms with Crippen LogP contribution in [0.25, 0.3) is 16.7 Å². The molecule has 0 saturated carbocycles. The Morgan fingerprint density at radius 1 is 1.20 bits per heavy atom. The number of aliphatic hydroxyl groups is 1. The van der Waals surface area contributed by atoms with Crippen molar-refractivity contribution in [3.05, 3.63) is 63.9 Å². The van der Waals surface area contributed by atoms with E-state index >= 15 is 0 Å². The molecular weight excluding hydrogens is 417 g/mol. The van der Waals surface area contributed by atoms with Crippen LogP contribution in [0.1, 0.15) is 43.4 Å². The number of aliphatic hydroxyl groups excluding tert-OH is 1. The molecule has 2 aliphatic heterocycles. The van der Waals surface area contributed by atoms with Crippen molar-refractivity contribution in [2.75, 3.05) is 0 Å². The summed E-state index contributed by atoms with van der Waals surface area (Å²) in [5, 5.41) is 10.4. The molecule has 3 nitrogen and oxygen atoms in total. The van der Waals surface area contributed by atoms with Crippen molar-refractivity contribution in [2.24, 2.45) is 0 Å². The van der Waals surface area contributed by atoms with Gasteiger partial charge in [0.1, 0.15) is 17.5 Å². The Morgan fingerprint density at radius 2 is 1.87 bits per heavy atom. The Labute approximate surface area is 177 Å². The predicted molar refractivity (Wildman–Crippen MR) is 108 cm³/mol. The second-order valence-corrected chi connectivity index (χ2v) is 8.29. The van der Waals surface area contributed by atoms with Crippen molar-refractivity contribution in [2.45, 2.75) is 51.0 Å². The van der Waals surface area contributed by atoms with Crippen LogP contribution in [-0.4, -0.2) is 22.6 Å². The number of carbonyl (C=O) groups excluding carboxylic acids is 1. The third-order valence-corrected chi connectivity index (χ3v) is 6.25. The van der Waals surface area contributed by atoms with Crippen LogP contribution in [0.15, 0.2) is 42.2 Å². The maximum absolute atomic E-state index is 13.2. The maximum atomic E-state index is 13.2. The molecule has 1 N–H and O–H groups in total. The molecule has 0 radical (unpaired) electrons. The molecular formula is C23H20ClF3O3. The van der Waals surface area contributed by atoms with E-state index < -0.39 is 23.4 Å². The van der Waals surface area contributed by atoms with Crippen LogP contribution in [0.3, 0.4) is 0 Å². The van der Waals surface area contributed by atoms with E-state index in [4.69, 9.17) is 16.3 Å². The number of carbonyl (C=O) groups is 1. The molecule has 30 heavy (non-hydrogen) atoms. The minimum absolute atomic E-state index is 0.0745. The number of fused-ring (bicyclic) bond motifs is 2. The molecule has 0 aliphatic carbocycles. The van der Waals surface area contributed by atoms with Gasteiger partial charge in [0.15, 0.2) is 5.78 Å². The van der Waals surface area contributed by atoms with Crippen molar-refractivity contribution in [1.82, 2.24) is 0 Å². The van der Waals surface area contributed by atoms with E-state index in [0.29, 0.717) is 36.0 Å². The minimum Gasteiger partial charge on any atom is -0.508 e. The smallest absolute Gasteiger partial charge is 0.417 e. The highest BCUT2D eigenvalue weighted by Crippen LogP contribution is 2.46. The standard InChI is InChI=1S/C23H20ClF3O3/c1-3-12-10-13(14-5-7-17(24)16(11-14)23(25,26)27)4-6-15(12)19-20(28)18-8-9-22(2,30-18)21(19)29/h4-7,10-11,18,29H,3,8-9H2,1-2H3/t18-,22-/m1/s1. The van der Waals surface area contributed by atoms with Gasteiger partial charge in [-0.15, -0.1) is 0 Å². The van der Waals surface area contributed by atoms with Gasteiger partial charge in [0.2, 0.25) is 0 Å². The molecule has 2 bridgehead atoms. The summed E-state index contributed by atoms with van der Waals surface area (Å²) in [5.74, 6) is -0.328. The van der Waals surface area contributed by atoms with Crippen LogP contribution >= 0.6 is 11.6 Å². The first kappa shape index (κ1) is 20.9. The number of benzene rings is 2. The number of halogens is 4. The predicted octanol–water partition coefficient (Wildman–Crippen LogP) is 6.38. The summed E-state index contributed by atoms with van der Waals surface area (Å²) in [4.78, 5) is 12.9. The largest absolute Gasteiger partial charge is 0.508 e. The molecule has 2 aromatic carbocycles. The van der Waals surface area contributed by atoms with Crippen molar-refractivity contribution in [3.63, 3.8) is 0 Å². The van der Waals surface area contributed by atoms with Gasteiger partial charge in [-0.05, 0) is 60.6 Å². The Balaban J connectivity index is 1.82. The third-order valence-electron chi connectivity index (χ3n) is 5.92. The summed E-state index contributed by atoms with van der Waals surface area (Å²) in [6, 6.07) is 8.89. The van der Waals surface area contributed by atoms with E-state index in [9.17, 15) is 23.1 Å². The van der Waals surface area contributed by atoms with Crippen molar-refractivity contribution in [3.8, 4) is 11.1 Å². The summed E-state index contributed by atoms with van der Waals surface area (Å²) < 4.78 is 45.4. The molecule has 2 atom stereocenters. The Bertz CT molecular complexity index is 1070. The monoisotopic (exact) mass is 436 g/mol. The van der Waals surface area contributed by atoms with Crippen LogP contribution < -0.4 is 0 Å². The van der Waals surface area contributed by atoms with Gasteiger partial charge in [-0.3, -0.25) is 4.79 Å². The topological polar surface area (TPSA) is 46.5 Å². The summed E-state index contributed by atoms with van der Waals surface area (Å²) in [6.45, 7) is 3.66. The number of hydrogen-bond acceptors (Lipinski definition) is 3. The first-order valence-corrected chi connectivity index (χ1v) is 10.1. The lowest BCUT2D eigenvalue weighted by molar-refractivity contribution is -0.137. The number of rotatable bonds is 3. The fraction of sp³-hybridized carbons (Fsp3) is 0.348. The zero-order valence-electron chi connectivity index (χ0n) is 16.4. The molecule has 0 aromatic heterocycles. The molecule has 7 heteroatoms. The fourth-order valence-electron chi connectivity index (χ4n) is 4.23. The van der Waals surface area contributed by atoms with E-state index in [1.807, 2.05) is 6.92 Å². The van der Waals surface area contributed by atoms with Crippen LogP contribution in [0.5, 0.6) is 0 Å². The SMILES string of the molecule is CCc1cc(-c2ccc(Cl)c(C(F)(F)F)c2)ccc1C1=C(O)[C@@]2(C)CC[C@@H](O2)C1=O. The van der Waals surface area contributed by atoms with Gasteiger partial charge in [-0.2, -0.15) is 13.2 Å². The molecule has 4 rings (SSSR count). The second kappa shape index (κ2) is 7.13. The molecule has 1 fully saturated rings. The number of ether oxygens (including phenoxy) is 1. The molecule has 158 valence electrons. The summed E-state index contributed by atoms with van der Waals surface area (Å²) in [5.41, 5.74) is 0.777. The minimum atomic E-state index is -4.56. The Morgan fingerprint density at radius 3 is 2.53 bits per heavy atom. The average Bonchev–Trinajstić information content (AvgIpc) is 3.07. The summed E-state index contributed by atoms with van der Waals surface area (Å²) in [7, 11) is 0. The van der Waals surface area contributed by atoms with E-state index in [0.717, 1.165) is 11.6 Å². The number of alkyl halides is 3. The maximum Gasteiger partial charge on any atom is 0.417 e. The van der Waals surface area contributed by atoms with E-state index in [1.54, 1.807) is 25.1 Å². The van der Waals surface area contributed by atoms with Gasteiger partial charge in [-0.1, -0.05) is 42.8 Å². The van der Waals surface area contributed by atoms with Crippen molar-refractivity contribution in [1.29, 1.82) is 0 Å². The summed E-state index contributed by atoms with van der Waals surface area (Å²) >= 11 is 5.73. The molecule has 0 spiro atoms. The van der Waals surface area contributed by atoms with E-state index in [-0.39, 0.29) is 22.1 Å². The molecule has 2 heterocycles. The Kier molecular flexibility index (Phi) is 4.98. The lowest BCUT2D eigenvalue weighted by Gasteiger charge is -2.31. The first-order chi connectivity index (χ1) is 14.0. The van der Waals surface area contributed by atoms with Gasteiger partial charge in [0.05, 0.1) is 16.2 Å². The molecule has 0 amide bonds. The molecule has 0 unspecified atom stereocenters. The van der Waals surface area contributed by atoms with Crippen molar-refractivity contribution >= 4 is 23.0 Å². The van der Waals surface area contributed by atoms with Crippen LogP contribution in [-0.2, 0) is 22.1 Å². The molecule has 1 saturated heterocycles. The van der Waals surface area contributed by atoms with E-state index in [2.05, 4.69) is 0 Å². The first-order valence-electron chi connectivity index (χ1n) is 9.71. The zero-order chi connectivity index (χ0) is 21.8. The number of hydrogen-bond donors (Lipinski definition) is 1. The zero-order valence-corrected chi connectivity index (χ0v) is 17.2. The van der Waals surface area contributed by atoms with Gasteiger partial charge in [-0.25, -0.2) is 0 Å². The quantitative estimate of drug-likeness (QED) is 0.607. The fourth-order valence-corrected chi connectivity index (χ4v) is 4.46. The second-order valence-electron chi connectivity index (χ2n) is 7.88. The highest BCUT2D eigenvalue weighted by atomic mass is 35.5. The number of ketones is 1. The van der Waals surface area contributed by atoms with Gasteiger partial charge in [0, 0.05) is 0 Å². The number of Topliss-reactive ketones (excluding diaryl/α,β-unsaturated/α-hetero) is 1.